The van der Waals surface area contributed by atoms with E-state index in [0.717, 1.165) is 5.56 Å². The van der Waals surface area contributed by atoms with Crippen LogP contribution in [-0.2, 0) is 16.6 Å². The smallest absolute Gasteiger partial charge is 0.260 e. The molecule has 1 aliphatic rings. The van der Waals surface area contributed by atoms with Crippen LogP contribution in [0.4, 0.5) is 0 Å². The van der Waals surface area contributed by atoms with Gasteiger partial charge in [-0.05, 0) is 32.5 Å². The zero-order chi connectivity index (χ0) is 15.0. The van der Waals surface area contributed by atoms with Gasteiger partial charge in [-0.3, -0.25) is 4.90 Å². The van der Waals surface area contributed by atoms with Crippen LogP contribution in [0.1, 0.15) is 19.4 Å². The van der Waals surface area contributed by atoms with Crippen molar-refractivity contribution in [2.45, 2.75) is 31.0 Å². The SMILES string of the molecule is CN1CCN(S(=O)(=O)c2ccc(CN)cn2)CC1(C)C. The predicted octanol–water partition coefficient (Wildman–Crippen LogP) is 0.255. The fraction of sp³-hybridized carbons (Fsp3) is 0.615. The lowest BCUT2D eigenvalue weighted by molar-refractivity contribution is 0.0800. The fourth-order valence-corrected chi connectivity index (χ4v) is 3.72. The van der Waals surface area contributed by atoms with E-state index in [1.54, 1.807) is 6.07 Å². The van der Waals surface area contributed by atoms with Crippen molar-refractivity contribution in [1.29, 1.82) is 0 Å². The third-order valence-corrected chi connectivity index (χ3v) is 5.68. The number of hydrogen-bond acceptors (Lipinski definition) is 5. The molecule has 1 aliphatic heterocycles. The van der Waals surface area contributed by atoms with Crippen LogP contribution in [0.2, 0.25) is 0 Å². The number of hydrogen-bond donors (Lipinski definition) is 1. The van der Waals surface area contributed by atoms with Crippen LogP contribution in [0.25, 0.3) is 0 Å². The average Bonchev–Trinajstić information content (AvgIpc) is 2.41. The van der Waals surface area contributed by atoms with Gasteiger partial charge in [-0.2, -0.15) is 4.31 Å². The molecule has 1 aromatic heterocycles. The van der Waals surface area contributed by atoms with Crippen LogP contribution in [0.3, 0.4) is 0 Å². The average molecular weight is 298 g/mol. The Balaban J connectivity index is 2.26. The number of rotatable bonds is 3. The summed E-state index contributed by atoms with van der Waals surface area (Å²) in [4.78, 5) is 6.21. The molecule has 112 valence electrons. The van der Waals surface area contributed by atoms with Crippen molar-refractivity contribution in [3.63, 3.8) is 0 Å². The van der Waals surface area contributed by atoms with Crippen molar-refractivity contribution in [1.82, 2.24) is 14.2 Å². The second-order valence-electron chi connectivity index (χ2n) is 5.78. The van der Waals surface area contributed by atoms with Gasteiger partial charge in [0.1, 0.15) is 0 Å². The van der Waals surface area contributed by atoms with Gasteiger partial charge in [0.15, 0.2) is 5.03 Å². The molecule has 0 spiro atoms. The summed E-state index contributed by atoms with van der Waals surface area (Å²) in [6, 6.07) is 3.24. The summed E-state index contributed by atoms with van der Waals surface area (Å²) < 4.78 is 26.7. The van der Waals surface area contributed by atoms with Crippen molar-refractivity contribution in [3.8, 4) is 0 Å². The van der Waals surface area contributed by atoms with Gasteiger partial charge in [-0.15, -0.1) is 0 Å². The zero-order valence-corrected chi connectivity index (χ0v) is 13.0. The highest BCUT2D eigenvalue weighted by Crippen LogP contribution is 2.24. The highest BCUT2D eigenvalue weighted by Gasteiger charge is 2.37. The Labute approximate surface area is 120 Å². The molecule has 20 heavy (non-hydrogen) atoms. The summed E-state index contributed by atoms with van der Waals surface area (Å²) in [6.45, 7) is 6.11. The van der Waals surface area contributed by atoms with E-state index >= 15 is 0 Å². The van der Waals surface area contributed by atoms with E-state index in [1.807, 2.05) is 20.9 Å². The van der Waals surface area contributed by atoms with Gasteiger partial charge >= 0.3 is 0 Å². The van der Waals surface area contributed by atoms with E-state index in [9.17, 15) is 8.42 Å². The van der Waals surface area contributed by atoms with Crippen molar-refractivity contribution in [2.24, 2.45) is 5.73 Å². The van der Waals surface area contributed by atoms with E-state index in [1.165, 1.54) is 16.6 Å². The summed E-state index contributed by atoms with van der Waals surface area (Å²) in [5, 5.41) is 0.0926. The molecule has 1 aromatic rings. The first-order valence-corrected chi connectivity index (χ1v) is 8.08. The number of pyridine rings is 1. The zero-order valence-electron chi connectivity index (χ0n) is 12.2. The Kier molecular flexibility index (Phi) is 4.15. The van der Waals surface area contributed by atoms with E-state index < -0.39 is 10.0 Å². The Bertz CT molecular complexity index is 569. The largest absolute Gasteiger partial charge is 0.326 e. The van der Waals surface area contributed by atoms with E-state index in [-0.39, 0.29) is 10.6 Å². The monoisotopic (exact) mass is 298 g/mol. The molecule has 0 aromatic carbocycles. The van der Waals surface area contributed by atoms with Crippen LogP contribution in [0, 0.1) is 0 Å². The van der Waals surface area contributed by atoms with Crippen LogP contribution in [0.5, 0.6) is 0 Å². The van der Waals surface area contributed by atoms with Crippen LogP contribution >= 0.6 is 0 Å². The number of piperazine rings is 1. The highest BCUT2D eigenvalue weighted by atomic mass is 32.2. The minimum atomic E-state index is -3.53. The highest BCUT2D eigenvalue weighted by molar-refractivity contribution is 7.89. The lowest BCUT2D eigenvalue weighted by Gasteiger charge is -2.44. The molecule has 0 atom stereocenters. The fourth-order valence-electron chi connectivity index (χ4n) is 2.22. The van der Waals surface area contributed by atoms with E-state index in [2.05, 4.69) is 9.88 Å². The first-order chi connectivity index (χ1) is 9.27. The number of likely N-dealkylation sites (N-methyl/N-ethyl adjacent to an activating group) is 1. The van der Waals surface area contributed by atoms with Crippen molar-refractivity contribution in [3.05, 3.63) is 23.9 Å². The number of sulfonamides is 1. The summed E-state index contributed by atoms with van der Waals surface area (Å²) in [7, 11) is -1.51. The van der Waals surface area contributed by atoms with Gasteiger partial charge < -0.3 is 5.73 Å². The number of nitrogens with zero attached hydrogens (tertiary/aromatic N) is 3. The van der Waals surface area contributed by atoms with Crippen molar-refractivity contribution >= 4 is 10.0 Å². The maximum absolute atomic E-state index is 12.6. The number of aromatic nitrogens is 1. The Hall–Kier alpha value is -1.02. The normalized spacial score (nSPS) is 21.0. The second-order valence-corrected chi connectivity index (χ2v) is 7.67. The molecule has 0 unspecified atom stereocenters. The molecule has 0 amide bonds. The summed E-state index contributed by atoms with van der Waals surface area (Å²) >= 11 is 0. The van der Waals surface area contributed by atoms with Crippen molar-refractivity contribution < 1.29 is 8.42 Å². The lowest BCUT2D eigenvalue weighted by Crippen LogP contribution is -2.58. The third kappa shape index (κ3) is 2.85. The Morgan fingerprint density at radius 2 is 2.05 bits per heavy atom. The molecule has 0 aliphatic carbocycles. The van der Waals surface area contributed by atoms with Gasteiger partial charge in [0, 0.05) is 37.9 Å². The molecule has 2 N–H and O–H groups in total. The summed E-state index contributed by atoms with van der Waals surface area (Å²) in [6.07, 6.45) is 1.52. The molecule has 1 fully saturated rings. The summed E-state index contributed by atoms with van der Waals surface area (Å²) in [5.41, 5.74) is 6.14. The van der Waals surface area contributed by atoms with Crippen LogP contribution in [0.15, 0.2) is 23.4 Å². The minimum Gasteiger partial charge on any atom is -0.326 e. The van der Waals surface area contributed by atoms with Crippen molar-refractivity contribution in [2.75, 3.05) is 26.7 Å². The van der Waals surface area contributed by atoms with Crippen LogP contribution < -0.4 is 5.73 Å². The topological polar surface area (TPSA) is 79.5 Å². The maximum Gasteiger partial charge on any atom is 0.260 e. The third-order valence-electron chi connectivity index (χ3n) is 3.92. The van der Waals surface area contributed by atoms with Crippen LogP contribution in [-0.4, -0.2) is 54.8 Å². The molecule has 2 heterocycles. The van der Waals surface area contributed by atoms with Gasteiger partial charge in [0.25, 0.3) is 10.0 Å². The quantitative estimate of drug-likeness (QED) is 0.865. The molecule has 7 heteroatoms. The molecule has 0 bridgehead atoms. The van der Waals surface area contributed by atoms with Gasteiger partial charge in [0.2, 0.25) is 0 Å². The lowest BCUT2D eigenvalue weighted by atomic mass is 10.0. The summed E-state index contributed by atoms with van der Waals surface area (Å²) in [5.74, 6) is 0. The minimum absolute atomic E-state index is 0.0926. The van der Waals surface area contributed by atoms with E-state index in [4.69, 9.17) is 5.73 Å². The first-order valence-electron chi connectivity index (χ1n) is 6.64. The Morgan fingerprint density at radius 3 is 2.55 bits per heavy atom. The molecule has 1 saturated heterocycles. The number of nitrogens with two attached hydrogens (primary N) is 1. The predicted molar refractivity (Wildman–Crippen MR) is 77.6 cm³/mol. The molecular weight excluding hydrogens is 276 g/mol. The van der Waals surface area contributed by atoms with Gasteiger partial charge in [-0.25, -0.2) is 13.4 Å². The molecular formula is C13H22N4O2S. The molecule has 6 nitrogen and oxygen atoms in total. The van der Waals surface area contributed by atoms with E-state index in [0.29, 0.717) is 26.2 Å². The maximum atomic E-state index is 12.6. The molecule has 0 radical (unpaired) electrons. The van der Waals surface area contributed by atoms with Gasteiger partial charge in [-0.1, -0.05) is 6.07 Å². The molecule has 0 saturated carbocycles. The standard InChI is InChI=1S/C13H22N4O2S/c1-13(2)10-17(7-6-16(13)3)20(18,19)12-5-4-11(8-14)9-15-12/h4-5,9H,6-8,10,14H2,1-3H3. The molecule has 2 rings (SSSR count). The Morgan fingerprint density at radius 1 is 1.35 bits per heavy atom. The van der Waals surface area contributed by atoms with Gasteiger partial charge in [0.05, 0.1) is 0 Å². The first kappa shape index (κ1) is 15.4. The second kappa shape index (κ2) is 5.40.